The number of hydrogen-bond acceptors (Lipinski definition) is 13. The number of ether oxygens (including phenoxy) is 1. The van der Waals surface area contributed by atoms with Crippen molar-refractivity contribution in [3.8, 4) is 0 Å². The van der Waals surface area contributed by atoms with E-state index >= 15 is 0 Å². The first-order valence-corrected chi connectivity index (χ1v) is 23.6. The fourth-order valence-electron chi connectivity index (χ4n) is 8.95. The summed E-state index contributed by atoms with van der Waals surface area (Å²) in [6.07, 6.45) is 6.77. The van der Waals surface area contributed by atoms with Gasteiger partial charge in [-0.1, -0.05) is 23.7 Å². The van der Waals surface area contributed by atoms with Crippen LogP contribution in [0.2, 0.25) is 5.02 Å². The number of hydrogen-bond donors (Lipinski definition) is 7. The standard InChI is InChI=1S/C48H57ClN12O7/c1-50-44(64)37-5-2-3-6-39(37)56-43-38(49)28-52-47(58-43)54-32-11-14-35(15-12-32)59-21-23-60(24-22-59)48(67)55-33-9-7-31(8-10-33)51-20-4-25-68-26-19-42(63)53-34-13-16-36-30(27-34)29-61(46(36)66)40-17-18-41(62)57-45(40)65/h2-3,5-6,11-16,27-28,31,33,40,51H,4,7-10,17-26,29H2,1H3,(H,50,64)(H,53,63)(H,55,67)(H,57,62,65)(H2,52,54,56,58). The Balaban J connectivity index is 0.670. The summed E-state index contributed by atoms with van der Waals surface area (Å²) in [5, 5.41) is 21.4. The number of imide groups is 1. The van der Waals surface area contributed by atoms with Gasteiger partial charge in [-0.2, -0.15) is 4.98 Å². The molecule has 4 heterocycles. The van der Waals surface area contributed by atoms with E-state index in [2.05, 4.69) is 52.1 Å². The topological polar surface area (TPSA) is 231 Å². The molecule has 8 rings (SSSR count). The largest absolute Gasteiger partial charge is 0.381 e. The number of anilines is 6. The smallest absolute Gasteiger partial charge is 0.317 e. The number of amides is 7. The first-order chi connectivity index (χ1) is 33.0. The van der Waals surface area contributed by atoms with Gasteiger partial charge in [0.2, 0.25) is 23.7 Å². The van der Waals surface area contributed by atoms with E-state index in [1.807, 2.05) is 35.2 Å². The molecule has 7 amide bonds. The average molecular weight is 950 g/mol. The number of piperidine rings is 1. The maximum atomic E-state index is 13.2. The third kappa shape index (κ3) is 12.0. The number of nitrogens with one attached hydrogen (secondary N) is 7. The van der Waals surface area contributed by atoms with Gasteiger partial charge in [-0.05, 0) is 105 Å². The van der Waals surface area contributed by atoms with E-state index in [-0.39, 0.29) is 61.7 Å². The van der Waals surface area contributed by atoms with Gasteiger partial charge in [0.15, 0.2) is 5.82 Å². The van der Waals surface area contributed by atoms with Crippen LogP contribution < -0.4 is 42.1 Å². The molecule has 2 saturated heterocycles. The fraction of sp³-hybridized carbons (Fsp3) is 0.417. The first kappa shape index (κ1) is 47.7. The predicted molar refractivity (Wildman–Crippen MR) is 257 cm³/mol. The Morgan fingerprint density at radius 3 is 2.38 bits per heavy atom. The van der Waals surface area contributed by atoms with Crippen LogP contribution in [-0.4, -0.2) is 126 Å². The number of piperazine rings is 1. The Kier molecular flexibility index (Phi) is 15.6. The van der Waals surface area contributed by atoms with Crippen LogP contribution in [0.25, 0.3) is 0 Å². The molecule has 20 heteroatoms. The highest BCUT2D eigenvalue weighted by molar-refractivity contribution is 6.33. The minimum atomic E-state index is -0.688. The lowest BCUT2D eigenvalue weighted by molar-refractivity contribution is -0.137. The minimum absolute atomic E-state index is 0.0116. The fourth-order valence-corrected chi connectivity index (χ4v) is 9.09. The zero-order chi connectivity index (χ0) is 47.6. The molecule has 0 spiro atoms. The van der Waals surface area contributed by atoms with E-state index in [1.165, 1.54) is 11.1 Å². The van der Waals surface area contributed by atoms with Crippen LogP contribution in [-0.2, 0) is 25.7 Å². The Bertz CT molecular complexity index is 2490. The number of carbonyl (C=O) groups excluding carboxylic acids is 6. The summed E-state index contributed by atoms with van der Waals surface area (Å²) in [4.78, 5) is 89.5. The number of urea groups is 1. The maximum Gasteiger partial charge on any atom is 0.317 e. The predicted octanol–water partition coefficient (Wildman–Crippen LogP) is 4.91. The first-order valence-electron chi connectivity index (χ1n) is 23.2. The van der Waals surface area contributed by atoms with Gasteiger partial charge < -0.3 is 51.3 Å². The molecule has 0 radical (unpaired) electrons. The summed E-state index contributed by atoms with van der Waals surface area (Å²) in [5.74, 6) is -0.776. The molecule has 68 heavy (non-hydrogen) atoms. The van der Waals surface area contributed by atoms with E-state index in [0.717, 1.165) is 68.7 Å². The molecule has 4 aromatic rings. The summed E-state index contributed by atoms with van der Waals surface area (Å²) in [7, 11) is 1.57. The van der Waals surface area contributed by atoms with E-state index in [9.17, 15) is 28.8 Å². The van der Waals surface area contributed by atoms with E-state index in [1.54, 1.807) is 43.4 Å². The van der Waals surface area contributed by atoms with Gasteiger partial charge in [-0.15, -0.1) is 0 Å². The van der Waals surface area contributed by atoms with Crippen molar-refractivity contribution in [3.05, 3.63) is 94.6 Å². The lowest BCUT2D eigenvalue weighted by Gasteiger charge is -2.37. The van der Waals surface area contributed by atoms with Crippen LogP contribution in [0.3, 0.4) is 0 Å². The number of para-hydroxylation sites is 1. The highest BCUT2D eigenvalue weighted by Crippen LogP contribution is 2.31. The van der Waals surface area contributed by atoms with Gasteiger partial charge in [0.1, 0.15) is 11.1 Å². The second kappa shape index (κ2) is 22.3. The minimum Gasteiger partial charge on any atom is -0.381 e. The molecule has 1 aromatic heterocycles. The molecule has 4 aliphatic rings. The number of carbonyl (C=O) groups is 6. The van der Waals surface area contributed by atoms with E-state index in [4.69, 9.17) is 16.3 Å². The van der Waals surface area contributed by atoms with Crippen LogP contribution in [0.4, 0.5) is 39.3 Å². The summed E-state index contributed by atoms with van der Waals surface area (Å²) >= 11 is 6.40. The maximum absolute atomic E-state index is 13.2. The molecule has 0 bridgehead atoms. The van der Waals surface area contributed by atoms with Crippen molar-refractivity contribution >= 4 is 81.7 Å². The van der Waals surface area contributed by atoms with Crippen molar-refractivity contribution in [1.82, 2.24) is 41.0 Å². The lowest BCUT2D eigenvalue weighted by atomic mass is 9.91. The van der Waals surface area contributed by atoms with Crippen molar-refractivity contribution in [3.63, 3.8) is 0 Å². The Morgan fingerprint density at radius 2 is 1.62 bits per heavy atom. The number of rotatable bonds is 17. The van der Waals surface area contributed by atoms with Crippen molar-refractivity contribution in [2.24, 2.45) is 0 Å². The third-order valence-corrected chi connectivity index (χ3v) is 13.0. The van der Waals surface area contributed by atoms with Gasteiger partial charge >= 0.3 is 6.03 Å². The number of halogens is 1. The zero-order valence-electron chi connectivity index (χ0n) is 37.9. The van der Waals surface area contributed by atoms with Crippen LogP contribution in [0.1, 0.15) is 77.6 Å². The van der Waals surface area contributed by atoms with Gasteiger partial charge in [0.05, 0.1) is 30.5 Å². The highest BCUT2D eigenvalue weighted by atomic mass is 35.5. The highest BCUT2D eigenvalue weighted by Gasteiger charge is 2.39. The molecule has 358 valence electrons. The SMILES string of the molecule is CNC(=O)c1ccccc1Nc1nc(Nc2ccc(N3CCN(C(=O)NC4CCC(NCCCOCCC(=O)Nc5ccc6c(c5)CN(C5CCC(=O)NC5=O)C6=O)CC4)CC3)cc2)ncc1Cl. The summed E-state index contributed by atoms with van der Waals surface area (Å²) < 4.78 is 5.73. The molecule has 19 nitrogen and oxygen atoms in total. The van der Waals surface area contributed by atoms with Crippen LogP contribution in [0.15, 0.2) is 72.9 Å². The van der Waals surface area contributed by atoms with Gasteiger partial charge in [0, 0.05) is 87.5 Å². The molecule has 1 atom stereocenters. The molecule has 1 unspecified atom stereocenters. The Hall–Kier alpha value is -6.83. The molecular weight excluding hydrogens is 892 g/mol. The van der Waals surface area contributed by atoms with Gasteiger partial charge in [-0.3, -0.25) is 29.3 Å². The summed E-state index contributed by atoms with van der Waals surface area (Å²) in [5.41, 5.74) is 4.65. The van der Waals surface area contributed by atoms with Crippen molar-refractivity contribution in [2.45, 2.75) is 76.0 Å². The van der Waals surface area contributed by atoms with Crippen LogP contribution >= 0.6 is 11.6 Å². The van der Waals surface area contributed by atoms with Crippen LogP contribution in [0, 0.1) is 0 Å². The Morgan fingerprint density at radius 1 is 0.868 bits per heavy atom. The van der Waals surface area contributed by atoms with Gasteiger partial charge in [0.25, 0.3) is 11.8 Å². The average Bonchev–Trinajstić information content (AvgIpc) is 3.67. The summed E-state index contributed by atoms with van der Waals surface area (Å²) in [6, 6.07) is 20.0. The summed E-state index contributed by atoms with van der Waals surface area (Å²) in [6.45, 7) is 4.54. The number of nitrogens with zero attached hydrogens (tertiary/aromatic N) is 5. The van der Waals surface area contributed by atoms with Crippen molar-refractivity contribution in [1.29, 1.82) is 0 Å². The third-order valence-electron chi connectivity index (χ3n) is 12.7. The van der Waals surface area contributed by atoms with Gasteiger partial charge in [-0.25, -0.2) is 9.78 Å². The number of aromatic nitrogens is 2. The molecular formula is C48H57ClN12O7. The molecule has 1 saturated carbocycles. The van der Waals surface area contributed by atoms with E-state index in [0.29, 0.717) is 71.4 Å². The second-order valence-corrected chi connectivity index (χ2v) is 17.7. The molecule has 7 N–H and O–H groups in total. The quantitative estimate of drug-likeness (QED) is 0.0552. The molecule has 3 fully saturated rings. The molecule has 3 aliphatic heterocycles. The van der Waals surface area contributed by atoms with Crippen molar-refractivity contribution < 1.29 is 33.5 Å². The normalized spacial score (nSPS) is 19.2. The van der Waals surface area contributed by atoms with Crippen molar-refractivity contribution in [2.75, 3.05) is 73.8 Å². The van der Waals surface area contributed by atoms with Crippen LogP contribution in [0.5, 0.6) is 0 Å². The Labute approximate surface area is 399 Å². The second-order valence-electron chi connectivity index (χ2n) is 17.3. The molecule has 1 aliphatic carbocycles. The monoisotopic (exact) mass is 948 g/mol. The lowest BCUT2D eigenvalue weighted by Crippen LogP contribution is -2.54. The molecule has 3 aromatic carbocycles. The van der Waals surface area contributed by atoms with E-state index < -0.39 is 11.9 Å². The number of benzene rings is 3. The zero-order valence-corrected chi connectivity index (χ0v) is 38.7. The number of fused-ring (bicyclic) bond motifs is 1.